The van der Waals surface area contributed by atoms with Gasteiger partial charge in [0, 0.05) is 49.4 Å². The molecule has 0 bridgehead atoms. The maximum Gasteiger partial charge on any atom is 0.339 e. The first-order valence-electron chi connectivity index (χ1n) is 3.26. The summed E-state index contributed by atoms with van der Waals surface area (Å²) in [5, 5.41) is 18.3. The van der Waals surface area contributed by atoms with E-state index >= 15 is 0 Å². The number of hydrogen-bond donors (Lipinski definition) is 2. The smallest absolute Gasteiger partial charge is 0.339 e. The molecule has 0 fully saturated rings. The molecule has 0 heterocycles. The fraction of sp³-hybridized carbons (Fsp3) is 0.125. The Bertz CT molecular complexity index is 314. The average Bonchev–Trinajstić information content (AvgIpc) is 2.05. The molecule has 1 aromatic rings. The van der Waals surface area contributed by atoms with E-state index in [0.717, 1.165) is 5.56 Å². The number of aromatic hydroxyl groups is 1. The molecule has 0 aromatic heterocycles. The number of aromatic carboxylic acids is 1. The van der Waals surface area contributed by atoms with Crippen molar-refractivity contribution < 1.29 is 59.1 Å². The summed E-state index contributed by atoms with van der Waals surface area (Å²) in [6.07, 6.45) is 0. The summed E-state index contributed by atoms with van der Waals surface area (Å²) < 4.78 is 0. The summed E-state index contributed by atoms with van der Waals surface area (Å²) in [6, 6.07) is 4.48. The van der Waals surface area contributed by atoms with E-state index in [0.29, 0.717) is 5.33 Å². The minimum atomic E-state index is -1.12. The van der Waals surface area contributed by atoms with Gasteiger partial charge in [-0.15, -0.1) is 0 Å². The third-order valence-corrected chi connectivity index (χ3v) is 2.09. The first-order valence-corrected chi connectivity index (χ1v) is 4.38. The molecule has 5 heteroatoms. The molecule has 0 spiro atoms. The third-order valence-electron chi connectivity index (χ3n) is 1.45. The molecule has 67 valence electrons. The van der Waals surface area contributed by atoms with Gasteiger partial charge in [0.15, 0.2) is 0 Å². The van der Waals surface area contributed by atoms with Gasteiger partial charge in [-0.25, -0.2) is 4.79 Å². The molecule has 3 nitrogen and oxygen atoms in total. The van der Waals surface area contributed by atoms with E-state index in [9.17, 15) is 4.79 Å². The molecule has 1 radical (unpaired) electrons. The van der Waals surface area contributed by atoms with Crippen LogP contribution in [-0.2, 0) is 5.33 Å². The van der Waals surface area contributed by atoms with Crippen molar-refractivity contribution in [3.8, 4) is 5.75 Å². The van der Waals surface area contributed by atoms with Crippen LogP contribution in [0.3, 0.4) is 0 Å². The number of halogens is 1. The fourth-order valence-corrected chi connectivity index (χ4v) is 1.19. The van der Waals surface area contributed by atoms with Gasteiger partial charge in [0.05, 0.1) is 0 Å². The number of carbonyl (C=O) groups is 1. The Labute approximate surface area is 120 Å². The van der Waals surface area contributed by atoms with Crippen LogP contribution in [0.15, 0.2) is 18.2 Å². The molecule has 0 amide bonds. The van der Waals surface area contributed by atoms with Crippen molar-refractivity contribution in [3.05, 3.63) is 29.3 Å². The topological polar surface area (TPSA) is 57.5 Å². The second-order valence-electron chi connectivity index (χ2n) is 2.29. The second-order valence-corrected chi connectivity index (χ2v) is 2.85. The Morgan fingerprint density at radius 1 is 1.46 bits per heavy atom. The van der Waals surface area contributed by atoms with E-state index in [1.54, 1.807) is 6.07 Å². The summed E-state index contributed by atoms with van der Waals surface area (Å²) in [5.41, 5.74) is 0.761. The van der Waals surface area contributed by atoms with E-state index in [2.05, 4.69) is 15.9 Å². The van der Waals surface area contributed by atoms with E-state index in [1.165, 1.54) is 12.1 Å². The van der Waals surface area contributed by atoms with E-state index < -0.39 is 5.97 Å². The maximum atomic E-state index is 10.5. The molecule has 0 aliphatic carbocycles. The van der Waals surface area contributed by atoms with Crippen LogP contribution in [0.4, 0.5) is 0 Å². The Morgan fingerprint density at radius 3 is 2.54 bits per heavy atom. The molecule has 13 heavy (non-hydrogen) atoms. The summed E-state index contributed by atoms with van der Waals surface area (Å²) in [6.45, 7) is 0. The largest absolute Gasteiger partial charge is 0.507 e. The van der Waals surface area contributed by atoms with E-state index in [1.807, 2.05) is 0 Å². The summed E-state index contributed by atoms with van der Waals surface area (Å²) in [5.74, 6) is -1.32. The Balaban J connectivity index is 0.00000144. The van der Waals surface area contributed by atoms with Crippen LogP contribution in [0.1, 0.15) is 15.9 Å². The van der Waals surface area contributed by atoms with Crippen LogP contribution < -0.4 is 0 Å². The maximum absolute atomic E-state index is 10.5. The summed E-state index contributed by atoms with van der Waals surface area (Å²) in [4.78, 5) is 10.5. The normalized spacial score (nSPS) is 9.00. The van der Waals surface area contributed by atoms with Gasteiger partial charge in [0.2, 0.25) is 0 Å². The monoisotopic (exact) mass is 457 g/mol. The predicted molar refractivity (Wildman–Crippen MR) is 47.7 cm³/mol. The Kier molecular flexibility index (Phi) is 6.19. The molecule has 1 rings (SSSR count). The Hall–Kier alpha value is 0.412. The van der Waals surface area contributed by atoms with Crippen molar-refractivity contribution in [1.29, 1.82) is 0 Å². The van der Waals surface area contributed by atoms with Gasteiger partial charge in [0.25, 0.3) is 0 Å². The van der Waals surface area contributed by atoms with Crippen LogP contribution in [0.5, 0.6) is 5.75 Å². The van der Waals surface area contributed by atoms with Gasteiger partial charge < -0.3 is 10.2 Å². The zero-order chi connectivity index (χ0) is 9.14. The standard InChI is InChI=1S/C8H7BrO3.Ac/c9-4-5-1-2-7(10)6(3-5)8(11)12;/h1-3,10H,4H2,(H,11,12);. The van der Waals surface area contributed by atoms with Crippen molar-refractivity contribution in [1.82, 2.24) is 0 Å². The molecule has 0 aliphatic heterocycles. The molecule has 0 saturated heterocycles. The Morgan fingerprint density at radius 2 is 2.08 bits per heavy atom. The SMILES string of the molecule is O=C(O)c1cc(CBr)ccc1O.[Ac]. The minimum Gasteiger partial charge on any atom is -0.507 e. The molecule has 0 unspecified atom stereocenters. The molecule has 0 aliphatic rings. The quantitative estimate of drug-likeness (QED) is 0.668. The zero-order valence-corrected chi connectivity index (χ0v) is 13.0. The van der Waals surface area contributed by atoms with Gasteiger partial charge in [0.1, 0.15) is 11.3 Å². The number of carboxylic acid groups (broad SMARTS) is 1. The fourth-order valence-electron chi connectivity index (χ4n) is 0.838. The number of rotatable bonds is 2. The molecule has 1 aromatic carbocycles. The molecular formula is C8H7AcBrO3. The number of hydrogen-bond acceptors (Lipinski definition) is 2. The minimum absolute atomic E-state index is 0. The predicted octanol–water partition coefficient (Wildman–Crippen LogP) is 1.99. The van der Waals surface area contributed by atoms with Gasteiger partial charge in [-0.2, -0.15) is 0 Å². The zero-order valence-electron chi connectivity index (χ0n) is 6.70. The van der Waals surface area contributed by atoms with Crippen LogP contribution in [0.2, 0.25) is 0 Å². The molecule has 2 N–H and O–H groups in total. The van der Waals surface area contributed by atoms with Gasteiger partial charge >= 0.3 is 5.97 Å². The third kappa shape index (κ3) is 3.57. The number of phenols is 1. The van der Waals surface area contributed by atoms with Crippen LogP contribution >= 0.6 is 15.9 Å². The summed E-state index contributed by atoms with van der Waals surface area (Å²) in [7, 11) is 0. The first-order chi connectivity index (χ1) is 5.65. The van der Waals surface area contributed by atoms with Crippen LogP contribution in [0.25, 0.3) is 0 Å². The van der Waals surface area contributed by atoms with Crippen LogP contribution in [0, 0.1) is 44.1 Å². The number of alkyl halides is 1. The van der Waals surface area contributed by atoms with Crippen molar-refractivity contribution >= 4 is 21.9 Å². The van der Waals surface area contributed by atoms with Gasteiger partial charge in [-0.05, 0) is 17.7 Å². The molecule has 0 saturated carbocycles. The van der Waals surface area contributed by atoms with Crippen molar-refractivity contribution in [2.45, 2.75) is 5.33 Å². The van der Waals surface area contributed by atoms with Gasteiger partial charge in [-0.3, -0.25) is 0 Å². The molecule has 0 atom stereocenters. The molecular weight excluding hydrogens is 451 g/mol. The van der Waals surface area contributed by atoms with Crippen LogP contribution in [-0.4, -0.2) is 16.2 Å². The average molecular weight is 458 g/mol. The number of carboxylic acids is 1. The summed E-state index contributed by atoms with van der Waals surface area (Å²) >= 11 is 3.19. The van der Waals surface area contributed by atoms with Crippen molar-refractivity contribution in [2.75, 3.05) is 0 Å². The van der Waals surface area contributed by atoms with E-state index in [-0.39, 0.29) is 55.4 Å². The van der Waals surface area contributed by atoms with E-state index in [4.69, 9.17) is 10.2 Å². The van der Waals surface area contributed by atoms with Gasteiger partial charge in [-0.1, -0.05) is 22.0 Å². The van der Waals surface area contributed by atoms with Crippen molar-refractivity contribution in [2.24, 2.45) is 0 Å². The number of benzene rings is 1. The second kappa shape index (κ2) is 6.00. The van der Waals surface area contributed by atoms with Crippen molar-refractivity contribution in [3.63, 3.8) is 0 Å². The first kappa shape index (κ1) is 13.4.